The number of hydrogen-bond acceptors (Lipinski definition) is 0. The van der Waals surface area contributed by atoms with Crippen molar-refractivity contribution in [3.63, 3.8) is 0 Å². The molecule has 0 aliphatic carbocycles. The van der Waals surface area contributed by atoms with Crippen molar-refractivity contribution in [2.45, 2.75) is 27.7 Å². The van der Waals surface area contributed by atoms with Crippen molar-refractivity contribution < 1.29 is 51.0 Å². The van der Waals surface area contributed by atoms with Crippen LogP contribution in [0, 0.1) is 27.7 Å². The van der Waals surface area contributed by atoms with E-state index in [1.165, 1.54) is 66.1 Å². The van der Waals surface area contributed by atoms with E-state index in [9.17, 15) is 0 Å². The fourth-order valence-electron chi connectivity index (χ4n) is 5.11. The maximum absolute atomic E-state index is 2.27. The van der Waals surface area contributed by atoms with Gasteiger partial charge >= 0.3 is 26.2 Å². The van der Waals surface area contributed by atoms with Gasteiger partial charge in [0.25, 0.3) is 0 Å². The zero-order valence-electron chi connectivity index (χ0n) is 21.6. The Morgan fingerprint density at radius 1 is 0.432 bits per heavy atom. The van der Waals surface area contributed by atoms with Crippen molar-refractivity contribution in [3.05, 3.63) is 131 Å². The van der Waals surface area contributed by atoms with Crippen molar-refractivity contribution in [1.82, 2.24) is 0 Å². The SMILES string of the molecule is Cc1cc(-c2cccc3ccccc23)c(C)[cH-]1.Cc1cc(-c2cccc3ccccc23)c(C)[cH-]1.[Cl-].[Cl-].[Zr+4]. The zero-order chi connectivity index (χ0) is 23.7. The van der Waals surface area contributed by atoms with Gasteiger partial charge in [0.05, 0.1) is 0 Å². The Morgan fingerprint density at radius 2 is 0.784 bits per heavy atom. The molecule has 37 heavy (non-hydrogen) atoms. The average Bonchev–Trinajstić information content (AvgIpc) is 3.37. The second-order valence-corrected chi connectivity index (χ2v) is 9.31. The first-order valence-corrected chi connectivity index (χ1v) is 12.0. The van der Waals surface area contributed by atoms with E-state index in [-0.39, 0.29) is 51.0 Å². The smallest absolute Gasteiger partial charge is 1.00 e. The second-order valence-electron chi connectivity index (χ2n) is 9.31. The molecule has 0 saturated heterocycles. The molecule has 0 saturated carbocycles. The van der Waals surface area contributed by atoms with Crippen molar-refractivity contribution in [2.24, 2.45) is 0 Å². The van der Waals surface area contributed by atoms with Crippen LogP contribution in [-0.4, -0.2) is 0 Å². The Bertz CT molecular complexity index is 1470. The second kappa shape index (κ2) is 13.4. The van der Waals surface area contributed by atoms with E-state index in [4.69, 9.17) is 0 Å². The molecule has 0 aliphatic heterocycles. The van der Waals surface area contributed by atoms with Gasteiger partial charge in [-0.25, -0.2) is 12.1 Å². The van der Waals surface area contributed by atoms with Gasteiger partial charge in [0.15, 0.2) is 0 Å². The molecule has 0 amide bonds. The van der Waals surface area contributed by atoms with Gasteiger partial charge in [-0.15, -0.1) is 0 Å². The van der Waals surface area contributed by atoms with Crippen LogP contribution in [0.5, 0.6) is 0 Å². The van der Waals surface area contributed by atoms with Crippen LogP contribution in [-0.2, 0) is 26.2 Å². The molecule has 0 nitrogen and oxygen atoms in total. The van der Waals surface area contributed by atoms with E-state index < -0.39 is 0 Å². The van der Waals surface area contributed by atoms with Crippen molar-refractivity contribution in [3.8, 4) is 22.3 Å². The molecular weight excluding hydrogens is 571 g/mol. The first kappa shape index (κ1) is 30.8. The summed E-state index contributed by atoms with van der Waals surface area (Å²) in [5, 5.41) is 5.29. The number of halogens is 2. The summed E-state index contributed by atoms with van der Waals surface area (Å²) in [5.41, 5.74) is 10.8. The summed E-state index contributed by atoms with van der Waals surface area (Å²) in [4.78, 5) is 0. The molecule has 0 heterocycles. The van der Waals surface area contributed by atoms with Crippen molar-refractivity contribution in [2.75, 3.05) is 0 Å². The molecule has 0 atom stereocenters. The molecule has 0 unspecified atom stereocenters. The van der Waals surface area contributed by atoms with Gasteiger partial charge < -0.3 is 24.8 Å². The fourth-order valence-corrected chi connectivity index (χ4v) is 5.11. The Balaban J connectivity index is 0.000000241. The molecule has 0 fully saturated rings. The molecule has 0 N–H and O–H groups in total. The van der Waals surface area contributed by atoms with Crippen molar-refractivity contribution >= 4 is 21.5 Å². The average molecular weight is 601 g/mol. The Kier molecular flexibility index (Phi) is 11.1. The number of hydrogen-bond donors (Lipinski definition) is 0. The summed E-state index contributed by atoms with van der Waals surface area (Å²) in [6.45, 7) is 8.68. The summed E-state index contributed by atoms with van der Waals surface area (Å²) in [5.74, 6) is 0. The standard InChI is InChI=1S/2C17H15.2ClH.Zr/c2*1-12-10-13(2)17(11-12)16-9-5-7-14-6-3-4-8-15(14)16;;;/h2*3-11H,1-2H3;2*1H;/q2*-1;;;+4/p-2. The summed E-state index contributed by atoms with van der Waals surface area (Å²) in [7, 11) is 0. The van der Waals surface area contributed by atoms with Gasteiger partial charge in [0, 0.05) is 0 Å². The number of fused-ring (bicyclic) bond motifs is 2. The minimum atomic E-state index is 0. The minimum absolute atomic E-state index is 0. The predicted molar refractivity (Wildman–Crippen MR) is 149 cm³/mol. The number of benzene rings is 4. The molecule has 6 rings (SSSR count). The summed E-state index contributed by atoms with van der Waals surface area (Å²) in [6, 6.07) is 39.2. The molecule has 6 aromatic carbocycles. The molecule has 184 valence electrons. The molecular formula is C34H30Cl2Zr. The van der Waals surface area contributed by atoms with Gasteiger partial charge in [-0.1, -0.05) is 124 Å². The first-order chi connectivity index (χ1) is 16.5. The van der Waals surface area contributed by atoms with Crippen LogP contribution in [0.4, 0.5) is 0 Å². The predicted octanol–water partition coefficient (Wildman–Crippen LogP) is 3.69. The van der Waals surface area contributed by atoms with Crippen molar-refractivity contribution in [1.29, 1.82) is 0 Å². The molecule has 0 aliphatic rings. The minimum Gasteiger partial charge on any atom is -1.00 e. The third kappa shape index (κ3) is 6.53. The first-order valence-electron chi connectivity index (χ1n) is 12.0. The van der Waals surface area contributed by atoms with Crippen LogP contribution in [0.3, 0.4) is 0 Å². The van der Waals surface area contributed by atoms with E-state index in [0.717, 1.165) is 0 Å². The Labute approximate surface area is 252 Å². The molecule has 0 bridgehead atoms. The topological polar surface area (TPSA) is 0 Å². The number of aryl methyl sites for hydroxylation is 4. The van der Waals surface area contributed by atoms with Gasteiger partial charge in [-0.05, 0) is 21.5 Å². The zero-order valence-corrected chi connectivity index (χ0v) is 25.6. The van der Waals surface area contributed by atoms with Crippen LogP contribution in [0.25, 0.3) is 43.8 Å². The van der Waals surface area contributed by atoms with Crippen LogP contribution < -0.4 is 24.8 Å². The molecule has 6 aromatic rings. The maximum atomic E-state index is 2.27. The quantitative estimate of drug-likeness (QED) is 0.266. The van der Waals surface area contributed by atoms with Crippen LogP contribution in [0.1, 0.15) is 22.3 Å². The monoisotopic (exact) mass is 598 g/mol. The Morgan fingerprint density at radius 3 is 1.14 bits per heavy atom. The Hall–Kier alpha value is -2.44. The van der Waals surface area contributed by atoms with Crippen LogP contribution in [0.15, 0.2) is 109 Å². The number of rotatable bonds is 2. The molecule has 0 radical (unpaired) electrons. The molecule has 0 aromatic heterocycles. The third-order valence-corrected chi connectivity index (χ3v) is 6.64. The van der Waals surface area contributed by atoms with E-state index in [1.807, 2.05) is 0 Å². The van der Waals surface area contributed by atoms with E-state index in [0.29, 0.717) is 0 Å². The van der Waals surface area contributed by atoms with Gasteiger partial charge in [0.2, 0.25) is 0 Å². The maximum Gasteiger partial charge on any atom is 4.00 e. The van der Waals surface area contributed by atoms with E-state index in [2.05, 4.69) is 137 Å². The van der Waals surface area contributed by atoms with Gasteiger partial charge in [-0.2, -0.15) is 45.5 Å². The normalized spacial score (nSPS) is 10.1. The van der Waals surface area contributed by atoms with E-state index >= 15 is 0 Å². The van der Waals surface area contributed by atoms with Crippen LogP contribution >= 0.6 is 0 Å². The van der Waals surface area contributed by atoms with Gasteiger partial charge in [0.1, 0.15) is 0 Å². The molecule has 0 spiro atoms. The third-order valence-electron chi connectivity index (χ3n) is 6.64. The summed E-state index contributed by atoms with van der Waals surface area (Å²) < 4.78 is 0. The largest absolute Gasteiger partial charge is 4.00 e. The summed E-state index contributed by atoms with van der Waals surface area (Å²) >= 11 is 0. The van der Waals surface area contributed by atoms with E-state index in [1.54, 1.807) is 0 Å². The van der Waals surface area contributed by atoms with Crippen LogP contribution in [0.2, 0.25) is 0 Å². The summed E-state index contributed by atoms with van der Waals surface area (Å²) in [6.07, 6.45) is 0. The fraction of sp³-hybridized carbons (Fsp3) is 0.118. The van der Waals surface area contributed by atoms with Gasteiger partial charge in [-0.3, -0.25) is 0 Å². The molecule has 3 heteroatoms.